The van der Waals surface area contributed by atoms with E-state index < -0.39 is 18.5 Å². The van der Waals surface area contributed by atoms with Gasteiger partial charge in [-0.3, -0.25) is 14.4 Å². The third-order valence-corrected chi connectivity index (χ3v) is 5.56. The summed E-state index contributed by atoms with van der Waals surface area (Å²) >= 11 is 0. The van der Waals surface area contributed by atoms with Gasteiger partial charge in [0.15, 0.2) is 12.0 Å². The minimum atomic E-state index is -0.567. The van der Waals surface area contributed by atoms with E-state index in [0.717, 1.165) is 10.8 Å². The maximum Gasteiger partial charge on any atom is 0.326 e. The molecule has 0 aliphatic heterocycles. The van der Waals surface area contributed by atoms with Crippen LogP contribution in [0.25, 0.3) is 32.6 Å². The predicted octanol–water partition coefficient (Wildman–Crippen LogP) is 4.49. The second-order valence-electron chi connectivity index (χ2n) is 7.72. The van der Waals surface area contributed by atoms with Crippen molar-refractivity contribution >= 4 is 50.1 Å². The van der Waals surface area contributed by atoms with Gasteiger partial charge >= 0.3 is 5.97 Å². The largest absolute Gasteiger partial charge is 0.454 e. The Kier molecular flexibility index (Phi) is 5.32. The average molecular weight is 436 g/mol. The molecule has 0 fully saturated rings. The highest BCUT2D eigenvalue weighted by Crippen LogP contribution is 2.20. The molecule has 0 bridgehead atoms. The molecule has 4 aromatic carbocycles. The van der Waals surface area contributed by atoms with Crippen molar-refractivity contribution in [3.8, 4) is 0 Å². The number of pyridine rings is 1. The monoisotopic (exact) mass is 436 g/mol. The molecule has 0 aliphatic rings. The van der Waals surface area contributed by atoms with Gasteiger partial charge in [-0.2, -0.15) is 0 Å². The third kappa shape index (κ3) is 4.06. The molecule has 1 amide bonds. The number of hydrogen-bond acceptors (Lipinski definition) is 4. The molecule has 0 spiro atoms. The number of aromatic nitrogens is 1. The zero-order valence-corrected chi connectivity index (χ0v) is 17.7. The highest BCUT2D eigenvalue weighted by atomic mass is 16.5. The summed E-state index contributed by atoms with van der Waals surface area (Å²) in [6.07, 6.45) is 0. The molecule has 6 heteroatoms. The smallest absolute Gasteiger partial charge is 0.326 e. The van der Waals surface area contributed by atoms with E-state index in [4.69, 9.17) is 4.74 Å². The molecule has 0 saturated carbocycles. The number of hydrogen-bond donors (Lipinski definition) is 1. The number of ether oxygens (including phenoxy) is 1. The molecule has 0 saturated heterocycles. The van der Waals surface area contributed by atoms with E-state index in [1.165, 1.54) is 0 Å². The molecule has 1 heterocycles. The number of fused-ring (bicyclic) bond motifs is 3. The molecule has 0 radical (unpaired) electrons. The number of esters is 1. The molecule has 1 aromatic heterocycles. The average Bonchev–Trinajstić information content (AvgIpc) is 2.85. The van der Waals surface area contributed by atoms with Crippen molar-refractivity contribution in [2.75, 3.05) is 11.9 Å². The lowest BCUT2D eigenvalue weighted by molar-refractivity contribution is -0.147. The zero-order chi connectivity index (χ0) is 22.8. The summed E-state index contributed by atoms with van der Waals surface area (Å²) in [6.45, 7) is -0.522. The topological polar surface area (TPSA) is 77.4 Å². The lowest BCUT2D eigenvalue weighted by atomic mass is 10.1. The van der Waals surface area contributed by atoms with Crippen LogP contribution >= 0.6 is 0 Å². The van der Waals surface area contributed by atoms with Crippen molar-refractivity contribution in [2.45, 2.75) is 6.54 Å². The number of benzene rings is 4. The van der Waals surface area contributed by atoms with Crippen LogP contribution < -0.4 is 10.7 Å². The number of anilines is 1. The maximum atomic E-state index is 12.8. The van der Waals surface area contributed by atoms with Gasteiger partial charge in [0.1, 0.15) is 6.54 Å². The van der Waals surface area contributed by atoms with Crippen LogP contribution in [0, 0.1) is 0 Å². The van der Waals surface area contributed by atoms with Crippen molar-refractivity contribution in [1.82, 2.24) is 4.57 Å². The maximum absolute atomic E-state index is 12.8. The van der Waals surface area contributed by atoms with Crippen molar-refractivity contribution < 1.29 is 14.3 Å². The summed E-state index contributed by atoms with van der Waals surface area (Å²) in [4.78, 5) is 37.8. The van der Waals surface area contributed by atoms with Crippen LogP contribution in [-0.4, -0.2) is 23.1 Å². The molecule has 33 heavy (non-hydrogen) atoms. The van der Waals surface area contributed by atoms with E-state index in [-0.39, 0.29) is 12.0 Å². The number of para-hydroxylation sites is 2. The molecule has 1 N–H and O–H groups in total. The van der Waals surface area contributed by atoms with Crippen LogP contribution in [0.3, 0.4) is 0 Å². The fourth-order valence-corrected chi connectivity index (χ4v) is 4.03. The SMILES string of the molecule is O=C(COC(=O)Cn1c2ccccc2c(=O)c2ccccc21)Nc1ccc2ccccc2c1. The van der Waals surface area contributed by atoms with Crippen LogP contribution in [0.4, 0.5) is 5.69 Å². The first-order valence-corrected chi connectivity index (χ1v) is 10.5. The molecule has 5 rings (SSSR count). The number of nitrogens with one attached hydrogen (secondary N) is 1. The molecule has 5 aromatic rings. The van der Waals surface area contributed by atoms with Crippen LogP contribution in [0.2, 0.25) is 0 Å². The lowest BCUT2D eigenvalue weighted by Gasteiger charge is -2.14. The Hall–Kier alpha value is -4.45. The Morgan fingerprint density at radius 1 is 0.758 bits per heavy atom. The number of nitrogens with zero attached hydrogens (tertiary/aromatic N) is 1. The van der Waals surface area contributed by atoms with Crippen molar-refractivity contribution in [3.05, 3.63) is 101 Å². The van der Waals surface area contributed by atoms with Crippen molar-refractivity contribution in [1.29, 1.82) is 0 Å². The van der Waals surface area contributed by atoms with Gasteiger partial charge in [-0.15, -0.1) is 0 Å². The molecule has 6 nitrogen and oxygen atoms in total. The normalized spacial score (nSPS) is 11.0. The number of carbonyl (C=O) groups excluding carboxylic acids is 2. The first kappa shape index (κ1) is 20.5. The minimum Gasteiger partial charge on any atom is -0.454 e. The number of carbonyl (C=O) groups is 2. The molecular weight excluding hydrogens is 416 g/mol. The molecular formula is C27H20N2O4. The Morgan fingerprint density at radius 2 is 1.36 bits per heavy atom. The van der Waals surface area contributed by atoms with E-state index in [2.05, 4.69) is 5.32 Å². The zero-order valence-electron chi connectivity index (χ0n) is 17.7. The first-order valence-electron chi connectivity index (χ1n) is 10.5. The summed E-state index contributed by atoms with van der Waals surface area (Å²) in [6, 6.07) is 27.7. The van der Waals surface area contributed by atoms with E-state index in [0.29, 0.717) is 27.5 Å². The molecule has 0 atom stereocenters. The van der Waals surface area contributed by atoms with Gasteiger partial charge in [0, 0.05) is 16.5 Å². The van der Waals surface area contributed by atoms with E-state index >= 15 is 0 Å². The van der Waals surface area contributed by atoms with Gasteiger partial charge in [-0.1, -0.05) is 54.6 Å². The van der Waals surface area contributed by atoms with Crippen LogP contribution in [-0.2, 0) is 20.9 Å². The Labute approximate surface area is 189 Å². The van der Waals surface area contributed by atoms with E-state index in [1.807, 2.05) is 48.5 Å². The van der Waals surface area contributed by atoms with Crippen LogP contribution in [0.1, 0.15) is 0 Å². The second-order valence-corrected chi connectivity index (χ2v) is 7.72. The van der Waals surface area contributed by atoms with Gasteiger partial charge in [0.05, 0.1) is 11.0 Å². The van der Waals surface area contributed by atoms with Crippen molar-refractivity contribution in [2.24, 2.45) is 0 Å². The lowest BCUT2D eigenvalue weighted by Crippen LogP contribution is -2.24. The Balaban J connectivity index is 1.32. The van der Waals surface area contributed by atoms with Gasteiger partial charge < -0.3 is 14.6 Å². The van der Waals surface area contributed by atoms with E-state index in [1.54, 1.807) is 47.0 Å². The third-order valence-electron chi connectivity index (χ3n) is 5.56. The molecule has 162 valence electrons. The van der Waals surface area contributed by atoms with Crippen molar-refractivity contribution in [3.63, 3.8) is 0 Å². The van der Waals surface area contributed by atoms with E-state index in [9.17, 15) is 14.4 Å². The van der Waals surface area contributed by atoms with Gasteiger partial charge in [-0.25, -0.2) is 0 Å². The predicted molar refractivity (Wildman–Crippen MR) is 129 cm³/mol. The summed E-state index contributed by atoms with van der Waals surface area (Å²) in [5.41, 5.74) is 1.82. The highest BCUT2D eigenvalue weighted by molar-refractivity contribution is 5.97. The second kappa shape index (κ2) is 8.59. The summed E-state index contributed by atoms with van der Waals surface area (Å²) in [5.74, 6) is -0.990. The minimum absolute atomic E-state index is 0.0828. The van der Waals surface area contributed by atoms with Crippen LogP contribution in [0.15, 0.2) is 95.8 Å². The van der Waals surface area contributed by atoms with Crippen LogP contribution in [0.5, 0.6) is 0 Å². The Bertz CT molecular complexity index is 1530. The fraction of sp³-hybridized carbons (Fsp3) is 0.0741. The fourth-order valence-electron chi connectivity index (χ4n) is 4.03. The summed E-state index contributed by atoms with van der Waals surface area (Å²) in [5, 5.41) is 5.88. The highest BCUT2D eigenvalue weighted by Gasteiger charge is 2.14. The Morgan fingerprint density at radius 3 is 2.06 bits per heavy atom. The quantitative estimate of drug-likeness (QED) is 0.325. The van der Waals surface area contributed by atoms with Gasteiger partial charge in [-0.05, 0) is 47.2 Å². The number of amides is 1. The van der Waals surface area contributed by atoms with Gasteiger partial charge in [0.2, 0.25) is 0 Å². The molecule has 0 aliphatic carbocycles. The first-order chi connectivity index (χ1) is 16.1. The standard InChI is InChI=1S/C27H20N2O4/c30-25(28-20-14-13-18-7-1-2-8-19(18)15-20)17-33-26(31)16-29-23-11-5-3-9-21(23)27(32)22-10-4-6-12-24(22)29/h1-15H,16-17H2,(H,28,30). The van der Waals surface area contributed by atoms with Gasteiger partial charge in [0.25, 0.3) is 5.91 Å². The summed E-state index contributed by atoms with van der Waals surface area (Å²) < 4.78 is 6.99. The number of rotatable bonds is 5. The summed E-state index contributed by atoms with van der Waals surface area (Å²) in [7, 11) is 0. The molecule has 0 unspecified atom stereocenters.